The Morgan fingerprint density at radius 2 is 1.71 bits per heavy atom. The van der Waals surface area contributed by atoms with Gasteiger partial charge in [0.15, 0.2) is 0 Å². The molecule has 2 heterocycles. The molecule has 174 valence electrons. The number of imide groups is 1. The van der Waals surface area contributed by atoms with Crippen LogP contribution in [0.5, 0.6) is 0 Å². The smallest absolute Gasteiger partial charge is 0.293 e. The van der Waals surface area contributed by atoms with Gasteiger partial charge in [-0.1, -0.05) is 54.1 Å². The number of para-hydroxylation sites is 1. The van der Waals surface area contributed by atoms with Gasteiger partial charge in [-0.15, -0.1) is 0 Å². The van der Waals surface area contributed by atoms with Crippen molar-refractivity contribution in [2.24, 2.45) is 0 Å². The maximum absolute atomic E-state index is 13.1. The van der Waals surface area contributed by atoms with Gasteiger partial charge in [0.2, 0.25) is 0 Å². The van der Waals surface area contributed by atoms with Gasteiger partial charge in [0.05, 0.1) is 16.4 Å². The van der Waals surface area contributed by atoms with Gasteiger partial charge in [0, 0.05) is 46.4 Å². The van der Waals surface area contributed by atoms with Crippen LogP contribution in [0.15, 0.2) is 83.9 Å². The minimum atomic E-state index is -0.491. The van der Waals surface area contributed by atoms with Gasteiger partial charge in [-0.25, -0.2) is 0 Å². The largest absolute Gasteiger partial charge is 0.342 e. The van der Waals surface area contributed by atoms with E-state index in [4.69, 9.17) is 11.6 Å². The summed E-state index contributed by atoms with van der Waals surface area (Å²) in [5.41, 5.74) is 3.48. The minimum absolute atomic E-state index is 0.0445. The number of non-ortho nitro benzene ring substituents is 1. The summed E-state index contributed by atoms with van der Waals surface area (Å²) in [6, 6.07) is 21.4. The van der Waals surface area contributed by atoms with Crippen molar-refractivity contribution < 1.29 is 14.5 Å². The summed E-state index contributed by atoms with van der Waals surface area (Å²) in [4.78, 5) is 37.5. The van der Waals surface area contributed by atoms with Crippen molar-refractivity contribution in [1.82, 2.24) is 9.47 Å². The molecular weight excluding hydrogens is 486 g/mol. The van der Waals surface area contributed by atoms with Crippen molar-refractivity contribution >= 4 is 57.2 Å². The molecule has 0 spiro atoms. The van der Waals surface area contributed by atoms with Crippen LogP contribution in [-0.4, -0.2) is 25.5 Å². The lowest BCUT2D eigenvalue weighted by Gasteiger charge is -2.12. The molecule has 35 heavy (non-hydrogen) atoms. The van der Waals surface area contributed by atoms with Crippen LogP contribution in [0.1, 0.15) is 16.7 Å². The second-order valence-corrected chi connectivity index (χ2v) is 9.48. The van der Waals surface area contributed by atoms with E-state index >= 15 is 0 Å². The molecule has 0 N–H and O–H groups in total. The van der Waals surface area contributed by atoms with Crippen LogP contribution in [-0.2, 0) is 17.9 Å². The molecule has 2 amide bonds. The average Bonchev–Trinajstić information content (AvgIpc) is 3.31. The molecule has 0 atom stereocenters. The monoisotopic (exact) mass is 503 g/mol. The van der Waals surface area contributed by atoms with Crippen LogP contribution in [0.2, 0.25) is 5.02 Å². The van der Waals surface area contributed by atoms with E-state index in [9.17, 15) is 19.7 Å². The molecule has 1 saturated heterocycles. The lowest BCUT2D eigenvalue weighted by Crippen LogP contribution is -2.27. The van der Waals surface area contributed by atoms with Crippen molar-refractivity contribution in [2.45, 2.75) is 13.1 Å². The Hall–Kier alpha value is -3.88. The fraction of sp³-hybridized carbons (Fsp3) is 0.0769. The molecule has 1 aliphatic heterocycles. The van der Waals surface area contributed by atoms with E-state index in [1.54, 1.807) is 18.2 Å². The van der Waals surface area contributed by atoms with Gasteiger partial charge in [0.1, 0.15) is 0 Å². The summed E-state index contributed by atoms with van der Waals surface area (Å²) in [5, 5.41) is 12.1. The molecular formula is C26H18ClN3O4S. The van der Waals surface area contributed by atoms with E-state index in [-0.39, 0.29) is 23.4 Å². The lowest BCUT2D eigenvalue weighted by atomic mass is 10.1. The second-order valence-electron chi connectivity index (χ2n) is 8.05. The van der Waals surface area contributed by atoms with Gasteiger partial charge in [0.25, 0.3) is 16.8 Å². The van der Waals surface area contributed by atoms with Crippen LogP contribution in [0, 0.1) is 10.1 Å². The van der Waals surface area contributed by atoms with Crippen molar-refractivity contribution in [3.63, 3.8) is 0 Å². The minimum Gasteiger partial charge on any atom is -0.342 e. The number of amides is 2. The summed E-state index contributed by atoms with van der Waals surface area (Å²) in [5.74, 6) is -0.384. The van der Waals surface area contributed by atoms with Crippen molar-refractivity contribution in [1.29, 1.82) is 0 Å². The molecule has 4 aromatic rings. The number of fused-ring (bicyclic) bond motifs is 1. The Balaban J connectivity index is 1.42. The number of nitro benzene ring substituents is 1. The number of rotatable bonds is 6. The lowest BCUT2D eigenvalue weighted by molar-refractivity contribution is -0.384. The summed E-state index contributed by atoms with van der Waals surface area (Å²) in [6.45, 7) is 0.660. The Labute approximate surface area is 209 Å². The van der Waals surface area contributed by atoms with E-state index in [0.717, 1.165) is 38.7 Å². The fourth-order valence-electron chi connectivity index (χ4n) is 4.04. The third-order valence-corrected chi connectivity index (χ3v) is 6.85. The quantitative estimate of drug-likeness (QED) is 0.170. The molecule has 1 fully saturated rings. The molecule has 1 aliphatic rings. The topological polar surface area (TPSA) is 85.5 Å². The highest BCUT2D eigenvalue weighted by molar-refractivity contribution is 8.18. The van der Waals surface area contributed by atoms with Crippen molar-refractivity contribution in [3.8, 4) is 0 Å². The Morgan fingerprint density at radius 1 is 0.943 bits per heavy atom. The van der Waals surface area contributed by atoms with E-state index in [1.165, 1.54) is 12.1 Å². The number of carbonyl (C=O) groups excluding carboxylic acids is 2. The molecule has 3 aromatic carbocycles. The Bertz CT molecular complexity index is 1510. The number of nitrogens with zero attached hydrogens (tertiary/aromatic N) is 3. The van der Waals surface area contributed by atoms with Crippen molar-refractivity contribution in [3.05, 3.63) is 116 Å². The zero-order valence-corrected chi connectivity index (χ0v) is 19.8. The first-order valence-corrected chi connectivity index (χ1v) is 11.9. The normalized spacial score (nSPS) is 14.9. The van der Waals surface area contributed by atoms with Gasteiger partial charge in [-0.05, 0) is 47.2 Å². The number of hydrogen-bond donors (Lipinski definition) is 0. The number of carbonyl (C=O) groups is 2. The van der Waals surface area contributed by atoms with Gasteiger partial charge < -0.3 is 4.57 Å². The third kappa shape index (κ3) is 4.71. The highest BCUT2D eigenvalue weighted by Crippen LogP contribution is 2.35. The Morgan fingerprint density at radius 3 is 2.46 bits per heavy atom. The van der Waals surface area contributed by atoms with E-state index in [2.05, 4.69) is 4.57 Å². The predicted molar refractivity (Wildman–Crippen MR) is 137 cm³/mol. The summed E-state index contributed by atoms with van der Waals surface area (Å²) >= 11 is 7.04. The summed E-state index contributed by atoms with van der Waals surface area (Å²) < 4.78 is 2.09. The molecule has 0 unspecified atom stereocenters. The fourth-order valence-corrected chi connectivity index (χ4v) is 5.08. The third-order valence-electron chi connectivity index (χ3n) is 5.71. The van der Waals surface area contributed by atoms with Gasteiger partial charge in [-0.3, -0.25) is 24.6 Å². The van der Waals surface area contributed by atoms with Crippen LogP contribution in [0.25, 0.3) is 17.0 Å². The number of hydrogen-bond acceptors (Lipinski definition) is 5. The first kappa shape index (κ1) is 22.9. The van der Waals surface area contributed by atoms with Crippen LogP contribution < -0.4 is 0 Å². The van der Waals surface area contributed by atoms with Gasteiger partial charge in [-0.2, -0.15) is 0 Å². The number of nitro groups is 1. The average molecular weight is 504 g/mol. The molecule has 0 radical (unpaired) electrons. The van der Waals surface area contributed by atoms with E-state index < -0.39 is 4.92 Å². The summed E-state index contributed by atoms with van der Waals surface area (Å²) in [6.07, 6.45) is 3.72. The van der Waals surface area contributed by atoms with Crippen molar-refractivity contribution in [2.75, 3.05) is 0 Å². The van der Waals surface area contributed by atoms with Crippen LogP contribution in [0.3, 0.4) is 0 Å². The molecule has 9 heteroatoms. The predicted octanol–water partition coefficient (Wildman–Crippen LogP) is 6.49. The number of benzene rings is 3. The highest BCUT2D eigenvalue weighted by atomic mass is 35.5. The molecule has 1 aromatic heterocycles. The van der Waals surface area contributed by atoms with Gasteiger partial charge >= 0.3 is 0 Å². The maximum atomic E-state index is 13.1. The van der Waals surface area contributed by atoms with Crippen LogP contribution >= 0.6 is 23.4 Å². The number of halogens is 1. The highest BCUT2D eigenvalue weighted by Gasteiger charge is 2.35. The summed E-state index contributed by atoms with van der Waals surface area (Å²) in [7, 11) is 0. The number of aromatic nitrogens is 1. The Kier molecular flexibility index (Phi) is 6.15. The first-order valence-electron chi connectivity index (χ1n) is 10.7. The van der Waals surface area contributed by atoms with Crippen LogP contribution in [0.4, 0.5) is 10.5 Å². The molecule has 5 rings (SSSR count). The molecule has 7 nitrogen and oxygen atoms in total. The molecule has 0 aliphatic carbocycles. The first-order chi connectivity index (χ1) is 16.9. The number of thioether (sulfide) groups is 1. The zero-order valence-electron chi connectivity index (χ0n) is 18.3. The second kappa shape index (κ2) is 9.40. The standard InChI is InChI=1S/C26H18ClN3O4S/c27-20-5-3-4-18(12-20)14-28-16-19(22-6-1-2-7-23(22)28)13-24-25(31)29(26(32)35-24)15-17-8-10-21(11-9-17)30(33)34/h1-13,16H,14-15H2/b24-13-. The van der Waals surface area contributed by atoms with E-state index in [0.29, 0.717) is 22.0 Å². The SMILES string of the molecule is O=C1S/C(=C\c2cn(Cc3cccc(Cl)c3)c3ccccc23)C(=O)N1Cc1ccc([N+](=O)[O-])cc1. The molecule has 0 saturated carbocycles. The van der Waals surface area contributed by atoms with E-state index in [1.807, 2.05) is 54.7 Å². The molecule has 0 bridgehead atoms. The maximum Gasteiger partial charge on any atom is 0.293 e. The zero-order chi connectivity index (χ0) is 24.5.